The number of aromatic nitrogens is 3. The number of carbonyl (C=O) groups excluding carboxylic acids is 1. The zero-order valence-corrected chi connectivity index (χ0v) is 16.0. The second kappa shape index (κ2) is 9.25. The van der Waals surface area contributed by atoms with Gasteiger partial charge in [0.05, 0.1) is 19.3 Å². The van der Waals surface area contributed by atoms with Crippen molar-refractivity contribution < 1.29 is 14.6 Å². The van der Waals surface area contributed by atoms with E-state index in [-0.39, 0.29) is 18.6 Å². The summed E-state index contributed by atoms with van der Waals surface area (Å²) in [5, 5.41) is 20.3. The van der Waals surface area contributed by atoms with Crippen LogP contribution in [0.25, 0.3) is 11.1 Å². The van der Waals surface area contributed by atoms with E-state index in [0.29, 0.717) is 24.5 Å². The number of aliphatic hydroxyl groups excluding tert-OH is 1. The summed E-state index contributed by atoms with van der Waals surface area (Å²) < 4.78 is 6.95. The Morgan fingerprint density at radius 3 is 2.71 bits per heavy atom. The monoisotopic (exact) mass is 380 g/mol. The number of methoxy groups -OCH3 is 1. The van der Waals surface area contributed by atoms with Gasteiger partial charge in [-0.1, -0.05) is 30.3 Å². The van der Waals surface area contributed by atoms with Crippen molar-refractivity contribution in [3.8, 4) is 11.1 Å². The van der Waals surface area contributed by atoms with E-state index in [0.717, 1.165) is 16.7 Å². The lowest BCUT2D eigenvalue weighted by molar-refractivity contribution is 0.0937. The van der Waals surface area contributed by atoms with E-state index in [1.54, 1.807) is 25.6 Å². The van der Waals surface area contributed by atoms with Gasteiger partial charge in [-0.3, -0.25) is 4.79 Å². The maximum atomic E-state index is 12.6. The van der Waals surface area contributed by atoms with Gasteiger partial charge in [0.25, 0.3) is 5.91 Å². The Kier molecular flexibility index (Phi) is 6.52. The molecule has 7 nitrogen and oxygen atoms in total. The molecule has 2 N–H and O–H groups in total. The molecule has 0 aliphatic rings. The summed E-state index contributed by atoms with van der Waals surface area (Å²) in [6, 6.07) is 14.8. The molecule has 0 bridgehead atoms. The summed E-state index contributed by atoms with van der Waals surface area (Å²) in [6.07, 6.45) is 1.63. The quantitative estimate of drug-likeness (QED) is 0.627. The van der Waals surface area contributed by atoms with E-state index < -0.39 is 0 Å². The number of rotatable bonds is 8. The molecular weight excluding hydrogens is 356 g/mol. The lowest BCUT2D eigenvalue weighted by atomic mass is 10.0. The molecular formula is C21H24N4O3. The minimum absolute atomic E-state index is 0.00121. The first-order valence-corrected chi connectivity index (χ1v) is 9.10. The SMILES string of the molecule is COCCn1cnnc1[C@@H](C)NC(=O)c1ccc(-c2cccc(CO)c2)cc1. The van der Waals surface area contributed by atoms with Crippen molar-refractivity contribution in [2.45, 2.75) is 26.1 Å². The first-order chi connectivity index (χ1) is 13.6. The zero-order valence-electron chi connectivity index (χ0n) is 16.0. The van der Waals surface area contributed by atoms with E-state index in [1.165, 1.54) is 0 Å². The summed E-state index contributed by atoms with van der Waals surface area (Å²) >= 11 is 0. The molecule has 3 aromatic rings. The van der Waals surface area contributed by atoms with Gasteiger partial charge in [-0.15, -0.1) is 10.2 Å². The smallest absolute Gasteiger partial charge is 0.251 e. The third-order valence-electron chi connectivity index (χ3n) is 4.51. The van der Waals surface area contributed by atoms with Crippen molar-refractivity contribution in [2.75, 3.05) is 13.7 Å². The average Bonchev–Trinajstić information content (AvgIpc) is 3.21. The largest absolute Gasteiger partial charge is 0.392 e. The Labute approximate surface area is 164 Å². The van der Waals surface area contributed by atoms with Crippen LogP contribution in [0.5, 0.6) is 0 Å². The van der Waals surface area contributed by atoms with Crippen LogP contribution in [0.4, 0.5) is 0 Å². The predicted octanol–water partition coefficient (Wildman–Crippen LogP) is 2.57. The van der Waals surface area contributed by atoms with Gasteiger partial charge in [-0.25, -0.2) is 0 Å². The second-order valence-electron chi connectivity index (χ2n) is 6.51. The van der Waals surface area contributed by atoms with Gasteiger partial charge in [-0.2, -0.15) is 0 Å². The van der Waals surface area contributed by atoms with Crippen molar-refractivity contribution in [1.29, 1.82) is 0 Å². The number of hydrogen-bond acceptors (Lipinski definition) is 5. The maximum absolute atomic E-state index is 12.6. The number of carbonyl (C=O) groups is 1. The van der Waals surface area contributed by atoms with Crippen LogP contribution in [0.1, 0.15) is 34.7 Å². The van der Waals surface area contributed by atoms with Crippen molar-refractivity contribution in [1.82, 2.24) is 20.1 Å². The maximum Gasteiger partial charge on any atom is 0.251 e. The Balaban J connectivity index is 1.68. The van der Waals surface area contributed by atoms with Crippen LogP contribution in [0.15, 0.2) is 54.9 Å². The van der Waals surface area contributed by atoms with Crippen LogP contribution in [0.2, 0.25) is 0 Å². The molecule has 28 heavy (non-hydrogen) atoms. The highest BCUT2D eigenvalue weighted by atomic mass is 16.5. The topological polar surface area (TPSA) is 89.3 Å². The van der Waals surface area contributed by atoms with Crippen molar-refractivity contribution in [3.05, 3.63) is 71.8 Å². The van der Waals surface area contributed by atoms with Gasteiger partial charge in [-0.05, 0) is 41.8 Å². The minimum Gasteiger partial charge on any atom is -0.392 e. The summed E-state index contributed by atoms with van der Waals surface area (Å²) in [6.45, 7) is 3.05. The van der Waals surface area contributed by atoms with E-state index in [1.807, 2.05) is 47.9 Å². The molecule has 1 heterocycles. The highest BCUT2D eigenvalue weighted by Crippen LogP contribution is 2.21. The number of hydrogen-bond donors (Lipinski definition) is 2. The molecule has 146 valence electrons. The molecule has 0 saturated carbocycles. The summed E-state index contributed by atoms with van der Waals surface area (Å²) in [4.78, 5) is 12.6. The number of nitrogens with zero attached hydrogens (tertiary/aromatic N) is 3. The number of ether oxygens (including phenoxy) is 1. The van der Waals surface area contributed by atoms with Gasteiger partial charge >= 0.3 is 0 Å². The lowest BCUT2D eigenvalue weighted by Crippen LogP contribution is -2.29. The fraction of sp³-hybridized carbons (Fsp3) is 0.286. The number of aliphatic hydroxyl groups is 1. The average molecular weight is 380 g/mol. The summed E-state index contributed by atoms with van der Waals surface area (Å²) in [7, 11) is 1.64. The normalized spacial score (nSPS) is 12.0. The highest BCUT2D eigenvalue weighted by molar-refractivity contribution is 5.94. The molecule has 1 aromatic heterocycles. The van der Waals surface area contributed by atoms with Gasteiger partial charge in [0, 0.05) is 19.2 Å². The Morgan fingerprint density at radius 2 is 2.00 bits per heavy atom. The third kappa shape index (κ3) is 4.62. The molecule has 0 aliphatic heterocycles. The molecule has 0 spiro atoms. The van der Waals surface area contributed by atoms with Crippen molar-refractivity contribution in [2.24, 2.45) is 0 Å². The molecule has 1 atom stereocenters. The first kappa shape index (κ1) is 19.7. The standard InChI is InChI=1S/C21H24N4O3/c1-15(20-24-22-14-25(20)10-11-28-2)23-21(27)18-8-6-17(7-9-18)19-5-3-4-16(12-19)13-26/h3-9,12,14-15,26H,10-11,13H2,1-2H3,(H,23,27)/t15-/m1/s1. The van der Waals surface area contributed by atoms with Crippen molar-refractivity contribution >= 4 is 5.91 Å². The van der Waals surface area contributed by atoms with E-state index in [2.05, 4.69) is 15.5 Å². The Morgan fingerprint density at radius 1 is 1.21 bits per heavy atom. The zero-order chi connectivity index (χ0) is 19.9. The Hall–Kier alpha value is -3.03. The van der Waals surface area contributed by atoms with Gasteiger partial charge in [0.2, 0.25) is 0 Å². The number of benzene rings is 2. The fourth-order valence-corrected chi connectivity index (χ4v) is 2.97. The molecule has 0 fully saturated rings. The first-order valence-electron chi connectivity index (χ1n) is 9.10. The van der Waals surface area contributed by atoms with Crippen LogP contribution in [-0.2, 0) is 17.9 Å². The van der Waals surface area contributed by atoms with E-state index in [4.69, 9.17) is 4.74 Å². The van der Waals surface area contributed by atoms with Crippen LogP contribution in [0.3, 0.4) is 0 Å². The van der Waals surface area contributed by atoms with Gasteiger partial charge < -0.3 is 19.7 Å². The number of nitrogens with one attached hydrogen (secondary N) is 1. The molecule has 1 amide bonds. The van der Waals surface area contributed by atoms with Crippen LogP contribution in [-0.4, -0.2) is 39.5 Å². The van der Waals surface area contributed by atoms with Gasteiger partial charge in [0.15, 0.2) is 5.82 Å². The minimum atomic E-state index is -0.284. The Bertz CT molecular complexity index is 921. The summed E-state index contributed by atoms with van der Waals surface area (Å²) in [5.41, 5.74) is 3.40. The molecule has 0 unspecified atom stereocenters. The molecule has 2 aromatic carbocycles. The van der Waals surface area contributed by atoms with Crippen molar-refractivity contribution in [3.63, 3.8) is 0 Å². The molecule has 0 radical (unpaired) electrons. The summed E-state index contributed by atoms with van der Waals surface area (Å²) in [5.74, 6) is 0.507. The highest BCUT2D eigenvalue weighted by Gasteiger charge is 2.16. The predicted molar refractivity (Wildman–Crippen MR) is 106 cm³/mol. The third-order valence-corrected chi connectivity index (χ3v) is 4.51. The van der Waals surface area contributed by atoms with E-state index in [9.17, 15) is 9.90 Å². The second-order valence-corrected chi connectivity index (χ2v) is 6.51. The fourth-order valence-electron chi connectivity index (χ4n) is 2.97. The van der Waals surface area contributed by atoms with E-state index >= 15 is 0 Å². The number of amides is 1. The van der Waals surface area contributed by atoms with Crippen LogP contribution >= 0.6 is 0 Å². The van der Waals surface area contributed by atoms with Crippen LogP contribution < -0.4 is 5.32 Å². The molecule has 7 heteroatoms. The van der Waals surface area contributed by atoms with Crippen LogP contribution in [0, 0.1) is 0 Å². The molecule has 3 rings (SSSR count). The molecule has 0 saturated heterocycles. The van der Waals surface area contributed by atoms with Gasteiger partial charge in [0.1, 0.15) is 6.33 Å². The molecule has 0 aliphatic carbocycles. The lowest BCUT2D eigenvalue weighted by Gasteiger charge is -2.15.